The Hall–Kier alpha value is -2.29. The van der Waals surface area contributed by atoms with E-state index in [1.165, 1.54) is 31.3 Å². The molecule has 0 radical (unpaired) electrons. The molecule has 1 aliphatic rings. The molecule has 0 atom stereocenters. The molecule has 1 heterocycles. The molecule has 1 aliphatic carbocycles. The van der Waals surface area contributed by atoms with E-state index in [1.54, 1.807) is 0 Å². The standard InChI is InChI=1S/C20H25N3/c1-3-7-15(8-4-2)14-21-17-11-12-18-19(13-17)23-20(22-18)16-9-5-6-10-16/h3-4,7-8,11-13,16,21H,1,5-6,9-10,14H2,2H3,(H,22,23)/b8-4-,15-7+. The number of allylic oxidation sites excluding steroid dienone is 3. The summed E-state index contributed by atoms with van der Waals surface area (Å²) in [7, 11) is 0. The van der Waals surface area contributed by atoms with E-state index in [0.717, 1.165) is 29.1 Å². The van der Waals surface area contributed by atoms with Crippen LogP contribution in [0, 0.1) is 0 Å². The first-order valence-corrected chi connectivity index (χ1v) is 8.48. The zero-order chi connectivity index (χ0) is 16.1. The number of anilines is 1. The van der Waals surface area contributed by atoms with E-state index in [1.807, 2.05) is 25.2 Å². The highest BCUT2D eigenvalue weighted by Gasteiger charge is 2.20. The summed E-state index contributed by atoms with van der Waals surface area (Å²) in [5, 5.41) is 3.47. The van der Waals surface area contributed by atoms with Crippen molar-refractivity contribution in [3.63, 3.8) is 0 Å². The number of H-pyrrole nitrogens is 1. The van der Waals surface area contributed by atoms with E-state index in [2.05, 4.69) is 41.2 Å². The Kier molecular flexibility index (Phi) is 4.96. The zero-order valence-corrected chi connectivity index (χ0v) is 13.8. The number of imidazole rings is 1. The van der Waals surface area contributed by atoms with E-state index < -0.39 is 0 Å². The van der Waals surface area contributed by atoms with Crippen LogP contribution >= 0.6 is 0 Å². The lowest BCUT2D eigenvalue weighted by Crippen LogP contribution is -2.03. The van der Waals surface area contributed by atoms with E-state index in [-0.39, 0.29) is 0 Å². The molecule has 1 aromatic carbocycles. The number of hydrogen-bond donors (Lipinski definition) is 2. The minimum Gasteiger partial charge on any atom is -0.381 e. The van der Waals surface area contributed by atoms with Crippen LogP contribution in [0.25, 0.3) is 11.0 Å². The largest absolute Gasteiger partial charge is 0.381 e. The van der Waals surface area contributed by atoms with Gasteiger partial charge >= 0.3 is 0 Å². The Morgan fingerprint density at radius 2 is 2.22 bits per heavy atom. The molecule has 0 aliphatic heterocycles. The zero-order valence-electron chi connectivity index (χ0n) is 13.8. The Morgan fingerprint density at radius 3 is 2.96 bits per heavy atom. The number of nitrogens with one attached hydrogen (secondary N) is 2. The third kappa shape index (κ3) is 3.73. The Morgan fingerprint density at radius 1 is 1.39 bits per heavy atom. The van der Waals surface area contributed by atoms with Crippen molar-refractivity contribution < 1.29 is 0 Å². The predicted molar refractivity (Wildman–Crippen MR) is 98.9 cm³/mol. The van der Waals surface area contributed by atoms with Gasteiger partial charge in [-0.1, -0.05) is 43.7 Å². The fourth-order valence-electron chi connectivity index (χ4n) is 3.27. The number of aromatic amines is 1. The van der Waals surface area contributed by atoms with Crippen molar-refractivity contribution >= 4 is 16.7 Å². The number of benzene rings is 1. The maximum atomic E-state index is 4.77. The molecule has 1 aromatic heterocycles. The van der Waals surface area contributed by atoms with Gasteiger partial charge in [-0.3, -0.25) is 0 Å². The first-order chi connectivity index (χ1) is 11.3. The van der Waals surface area contributed by atoms with Gasteiger partial charge in [-0.2, -0.15) is 0 Å². The van der Waals surface area contributed by atoms with Crippen LogP contribution in [0.15, 0.2) is 54.7 Å². The highest BCUT2D eigenvalue weighted by atomic mass is 14.9. The van der Waals surface area contributed by atoms with Gasteiger partial charge in [0.2, 0.25) is 0 Å². The van der Waals surface area contributed by atoms with Crippen LogP contribution in [0.5, 0.6) is 0 Å². The van der Waals surface area contributed by atoms with Crippen molar-refractivity contribution in [2.24, 2.45) is 0 Å². The van der Waals surface area contributed by atoms with Crippen LogP contribution in [-0.2, 0) is 0 Å². The molecule has 2 N–H and O–H groups in total. The molecule has 0 saturated heterocycles. The predicted octanol–water partition coefficient (Wildman–Crippen LogP) is 5.32. The lowest BCUT2D eigenvalue weighted by atomic mass is 10.1. The summed E-state index contributed by atoms with van der Waals surface area (Å²) in [5.41, 5.74) is 4.50. The Labute approximate surface area is 138 Å². The van der Waals surface area contributed by atoms with E-state index in [9.17, 15) is 0 Å². The van der Waals surface area contributed by atoms with Crippen LogP contribution in [0.1, 0.15) is 44.3 Å². The van der Waals surface area contributed by atoms with Crippen LogP contribution in [-0.4, -0.2) is 16.5 Å². The summed E-state index contributed by atoms with van der Waals surface area (Å²) in [5.74, 6) is 1.78. The first-order valence-electron chi connectivity index (χ1n) is 8.48. The fraction of sp³-hybridized carbons (Fsp3) is 0.350. The summed E-state index contributed by atoms with van der Waals surface area (Å²) in [6.45, 7) is 6.58. The average molecular weight is 307 g/mol. The average Bonchev–Trinajstić information content (AvgIpc) is 3.21. The van der Waals surface area contributed by atoms with E-state index >= 15 is 0 Å². The van der Waals surface area contributed by atoms with Gasteiger partial charge in [0, 0.05) is 18.2 Å². The molecule has 0 bridgehead atoms. The van der Waals surface area contributed by atoms with Gasteiger partial charge in [0.1, 0.15) is 5.82 Å². The second kappa shape index (κ2) is 7.32. The first kappa shape index (κ1) is 15.6. The molecule has 120 valence electrons. The van der Waals surface area contributed by atoms with Gasteiger partial charge in [-0.15, -0.1) is 0 Å². The van der Waals surface area contributed by atoms with Crippen molar-refractivity contribution in [2.75, 3.05) is 11.9 Å². The summed E-state index contributed by atoms with van der Waals surface area (Å²) < 4.78 is 0. The summed E-state index contributed by atoms with van der Waals surface area (Å²) in [6.07, 6.45) is 13.2. The summed E-state index contributed by atoms with van der Waals surface area (Å²) >= 11 is 0. The maximum absolute atomic E-state index is 4.77. The topological polar surface area (TPSA) is 40.7 Å². The molecule has 1 saturated carbocycles. The number of aromatic nitrogens is 2. The maximum Gasteiger partial charge on any atom is 0.110 e. The van der Waals surface area contributed by atoms with Gasteiger partial charge < -0.3 is 10.3 Å². The molecule has 3 nitrogen and oxygen atoms in total. The van der Waals surface area contributed by atoms with Crippen LogP contribution in [0.2, 0.25) is 0 Å². The Balaban J connectivity index is 1.74. The second-order valence-electron chi connectivity index (χ2n) is 6.17. The SMILES string of the molecule is C=C/C=C(\C=C/C)CNc1ccc2nc(C3CCCC3)[nH]c2c1. The van der Waals surface area contributed by atoms with Gasteiger partial charge in [0.25, 0.3) is 0 Å². The molecule has 0 spiro atoms. The molecule has 3 heteroatoms. The van der Waals surface area contributed by atoms with Crippen molar-refractivity contribution in [1.82, 2.24) is 9.97 Å². The molecule has 1 fully saturated rings. The lowest BCUT2D eigenvalue weighted by Gasteiger charge is -2.07. The quantitative estimate of drug-likeness (QED) is 0.709. The van der Waals surface area contributed by atoms with Crippen molar-refractivity contribution in [3.8, 4) is 0 Å². The number of hydrogen-bond acceptors (Lipinski definition) is 2. The van der Waals surface area contributed by atoms with Crippen LogP contribution in [0.3, 0.4) is 0 Å². The van der Waals surface area contributed by atoms with Gasteiger partial charge in [-0.25, -0.2) is 4.98 Å². The third-order valence-corrected chi connectivity index (χ3v) is 4.45. The van der Waals surface area contributed by atoms with Crippen molar-refractivity contribution in [2.45, 2.75) is 38.5 Å². The van der Waals surface area contributed by atoms with Gasteiger partial charge in [0.15, 0.2) is 0 Å². The second-order valence-corrected chi connectivity index (χ2v) is 6.17. The van der Waals surface area contributed by atoms with Crippen LogP contribution in [0.4, 0.5) is 5.69 Å². The highest BCUT2D eigenvalue weighted by Crippen LogP contribution is 2.33. The van der Waals surface area contributed by atoms with Crippen LogP contribution < -0.4 is 5.32 Å². The molecule has 2 aromatic rings. The molecule has 23 heavy (non-hydrogen) atoms. The number of nitrogens with zero attached hydrogens (tertiary/aromatic N) is 1. The molecule has 0 unspecified atom stereocenters. The van der Waals surface area contributed by atoms with Gasteiger partial charge in [-0.05, 0) is 43.5 Å². The Bertz CT molecular complexity index is 730. The molecule has 3 rings (SSSR count). The third-order valence-electron chi connectivity index (χ3n) is 4.45. The number of rotatable bonds is 6. The summed E-state index contributed by atoms with van der Waals surface area (Å²) in [6, 6.07) is 6.35. The normalized spacial score (nSPS) is 16.5. The minimum atomic E-state index is 0.621. The molecular formula is C20H25N3. The van der Waals surface area contributed by atoms with E-state index in [4.69, 9.17) is 4.98 Å². The highest BCUT2D eigenvalue weighted by molar-refractivity contribution is 5.79. The smallest absolute Gasteiger partial charge is 0.110 e. The van der Waals surface area contributed by atoms with Crippen molar-refractivity contribution in [1.29, 1.82) is 0 Å². The summed E-state index contributed by atoms with van der Waals surface area (Å²) in [4.78, 5) is 8.29. The van der Waals surface area contributed by atoms with E-state index in [0.29, 0.717) is 5.92 Å². The fourth-order valence-corrected chi connectivity index (χ4v) is 3.27. The van der Waals surface area contributed by atoms with Gasteiger partial charge in [0.05, 0.1) is 11.0 Å². The number of fused-ring (bicyclic) bond motifs is 1. The lowest BCUT2D eigenvalue weighted by molar-refractivity contribution is 0.681. The molecule has 0 amide bonds. The monoisotopic (exact) mass is 307 g/mol. The van der Waals surface area contributed by atoms with Crippen molar-refractivity contribution in [3.05, 3.63) is 60.5 Å². The minimum absolute atomic E-state index is 0.621. The molecular weight excluding hydrogens is 282 g/mol.